The lowest BCUT2D eigenvalue weighted by atomic mass is 10.1. The van der Waals surface area contributed by atoms with E-state index in [2.05, 4.69) is 35.3 Å². The fraction of sp³-hybridized carbons (Fsp3) is 0.407. The van der Waals surface area contributed by atoms with Crippen LogP contribution in [0.1, 0.15) is 29.4 Å². The molecule has 1 aromatic carbocycles. The van der Waals surface area contributed by atoms with E-state index < -0.39 is 66.6 Å². The number of aliphatic hydroxyl groups excluding tert-OH is 3. The smallest absolute Gasteiger partial charge is 0.406 e. The largest absolute Gasteiger partial charge is 0.573 e. The number of hydrogen-bond acceptors (Lipinski definition) is 11. The fourth-order valence-electron chi connectivity index (χ4n) is 5.06. The molecule has 17 heteroatoms. The highest BCUT2D eigenvalue weighted by molar-refractivity contribution is 7.21. The third-order valence-corrected chi connectivity index (χ3v) is 8.24. The minimum atomic E-state index is -5.02. The quantitative estimate of drug-likeness (QED) is 0.168. The van der Waals surface area contributed by atoms with Crippen molar-refractivity contribution < 1.29 is 46.4 Å². The lowest BCUT2D eigenvalue weighted by Gasteiger charge is -2.24. The molecule has 0 radical (unpaired) electrons. The second kappa shape index (κ2) is 11.9. The third kappa shape index (κ3) is 6.64. The molecule has 4 aromatic rings. The number of aliphatic hydroxyl groups is 3. The molecule has 1 fully saturated rings. The summed E-state index contributed by atoms with van der Waals surface area (Å²) in [5, 5.41) is 36.2. The Hall–Kier alpha value is -3.80. The van der Waals surface area contributed by atoms with Crippen molar-refractivity contribution in [3.8, 4) is 16.3 Å². The zero-order valence-electron chi connectivity index (χ0n) is 23.0. The molecule has 0 saturated heterocycles. The number of halogens is 6. The van der Waals surface area contributed by atoms with Gasteiger partial charge < -0.3 is 30.7 Å². The topological polar surface area (TPSA) is 146 Å². The van der Waals surface area contributed by atoms with Gasteiger partial charge in [0.15, 0.2) is 6.04 Å². The fourth-order valence-corrected chi connectivity index (χ4v) is 6.17. The van der Waals surface area contributed by atoms with Crippen LogP contribution in [-0.2, 0) is 0 Å². The molecule has 0 bridgehead atoms. The lowest BCUT2D eigenvalue weighted by molar-refractivity contribution is -0.274. The Morgan fingerprint density at radius 1 is 0.977 bits per heavy atom. The van der Waals surface area contributed by atoms with Crippen LogP contribution in [0, 0.1) is 19.8 Å². The van der Waals surface area contributed by atoms with Gasteiger partial charge in [-0.15, -0.1) is 24.5 Å². The third-order valence-electron chi connectivity index (χ3n) is 7.20. The minimum Gasteiger partial charge on any atom is -0.406 e. The van der Waals surface area contributed by atoms with Crippen LogP contribution in [0.2, 0.25) is 0 Å². The zero-order valence-corrected chi connectivity index (χ0v) is 23.8. The number of ether oxygens (including phenoxy) is 1. The number of pyridine rings is 1. The highest BCUT2D eigenvalue weighted by Crippen LogP contribution is 2.40. The van der Waals surface area contributed by atoms with Crippen LogP contribution >= 0.6 is 11.3 Å². The van der Waals surface area contributed by atoms with Gasteiger partial charge in [-0.05, 0) is 44.0 Å². The number of nitrogens with zero attached hydrogens (tertiary/aromatic N) is 4. The molecule has 5 rings (SSSR count). The highest BCUT2D eigenvalue weighted by Gasteiger charge is 2.43. The van der Waals surface area contributed by atoms with Gasteiger partial charge in [0, 0.05) is 18.7 Å². The molecule has 5 N–H and O–H groups in total. The van der Waals surface area contributed by atoms with E-state index in [0.29, 0.717) is 21.8 Å². The molecule has 0 spiro atoms. The molecule has 5 atom stereocenters. The van der Waals surface area contributed by atoms with Crippen molar-refractivity contribution >= 4 is 33.3 Å². The van der Waals surface area contributed by atoms with E-state index in [-0.39, 0.29) is 17.9 Å². The van der Waals surface area contributed by atoms with E-state index in [1.54, 1.807) is 19.2 Å². The molecule has 0 amide bonds. The molecule has 0 aliphatic heterocycles. The Kier molecular flexibility index (Phi) is 8.58. The Labute approximate surface area is 249 Å². The number of aromatic nitrogens is 4. The number of rotatable bonds is 8. The molecule has 1 aliphatic rings. The summed E-state index contributed by atoms with van der Waals surface area (Å²) in [5.41, 5.74) is 1.38. The predicted molar refractivity (Wildman–Crippen MR) is 148 cm³/mol. The van der Waals surface area contributed by atoms with E-state index in [9.17, 15) is 41.7 Å². The van der Waals surface area contributed by atoms with Crippen LogP contribution in [0.15, 0.2) is 36.5 Å². The van der Waals surface area contributed by atoms with Gasteiger partial charge in [0.1, 0.15) is 28.2 Å². The molecular weight excluding hydrogens is 618 g/mol. The van der Waals surface area contributed by atoms with Crippen molar-refractivity contribution in [2.24, 2.45) is 5.92 Å². The summed E-state index contributed by atoms with van der Waals surface area (Å²) in [5.74, 6) is -1.81. The van der Waals surface area contributed by atoms with Crippen molar-refractivity contribution in [3.05, 3.63) is 53.5 Å². The van der Waals surface area contributed by atoms with Crippen molar-refractivity contribution in [1.29, 1.82) is 0 Å². The van der Waals surface area contributed by atoms with Gasteiger partial charge in [0.2, 0.25) is 5.95 Å². The number of aryl methyl sites for hydroxylation is 2. The monoisotopic (exact) mass is 644 g/mol. The standard InChI is InChI=1S/C27H26F6N6O4S/c1-11-18(24-37-19-12(2)34-8-7-17(19)44-24)23(36-16-9-14(10-40)20(41)21(16)42)39-25(35-11)38-22(26(28,29)30)13-3-5-15(6-4-13)43-27(31,32)33/h3-8,14,16,20-22,40-42H,9-10H2,1-2H3,(H2,35,36,38,39)/t14-,16-,20-,21+,22+/m1/s1. The minimum absolute atomic E-state index is 0.00866. The van der Waals surface area contributed by atoms with E-state index in [1.807, 2.05) is 0 Å². The maximum atomic E-state index is 14.2. The first-order valence-electron chi connectivity index (χ1n) is 13.2. The van der Waals surface area contributed by atoms with Crippen molar-refractivity contribution in [2.45, 2.75) is 57.1 Å². The molecule has 10 nitrogen and oxygen atoms in total. The average molecular weight is 645 g/mol. The van der Waals surface area contributed by atoms with E-state index in [1.165, 1.54) is 18.3 Å². The molecule has 236 valence electrons. The summed E-state index contributed by atoms with van der Waals surface area (Å²) < 4.78 is 84.8. The van der Waals surface area contributed by atoms with Crippen LogP contribution in [0.4, 0.5) is 38.1 Å². The number of anilines is 2. The number of thiazole rings is 1. The average Bonchev–Trinajstić information content (AvgIpc) is 3.48. The summed E-state index contributed by atoms with van der Waals surface area (Å²) in [6.07, 6.45) is -10.8. The Morgan fingerprint density at radius 3 is 2.27 bits per heavy atom. The van der Waals surface area contributed by atoms with E-state index in [4.69, 9.17) is 0 Å². The molecule has 1 saturated carbocycles. The molecule has 3 aromatic heterocycles. The molecule has 3 heterocycles. The van der Waals surface area contributed by atoms with Crippen LogP contribution in [0.5, 0.6) is 5.75 Å². The summed E-state index contributed by atoms with van der Waals surface area (Å²) in [4.78, 5) is 17.4. The van der Waals surface area contributed by atoms with Crippen LogP contribution in [0.25, 0.3) is 20.8 Å². The summed E-state index contributed by atoms with van der Waals surface area (Å²) >= 11 is 1.27. The number of nitrogens with one attached hydrogen (secondary N) is 2. The van der Waals surface area contributed by atoms with Gasteiger partial charge in [-0.2, -0.15) is 18.2 Å². The predicted octanol–water partition coefficient (Wildman–Crippen LogP) is 4.89. The van der Waals surface area contributed by atoms with Crippen molar-refractivity contribution in [2.75, 3.05) is 17.2 Å². The number of fused-ring (bicyclic) bond motifs is 1. The van der Waals surface area contributed by atoms with Gasteiger partial charge in [0.05, 0.1) is 33.8 Å². The number of alkyl halides is 6. The summed E-state index contributed by atoms with van der Waals surface area (Å²) in [6.45, 7) is 2.90. The van der Waals surface area contributed by atoms with Crippen LogP contribution < -0.4 is 15.4 Å². The second-order valence-corrected chi connectivity index (χ2v) is 11.3. The first-order chi connectivity index (χ1) is 20.6. The van der Waals surface area contributed by atoms with Gasteiger partial charge >= 0.3 is 12.5 Å². The highest BCUT2D eigenvalue weighted by atomic mass is 32.1. The Bertz CT molecular complexity index is 1630. The summed E-state index contributed by atoms with van der Waals surface area (Å²) in [7, 11) is 0. The van der Waals surface area contributed by atoms with Crippen LogP contribution in [0.3, 0.4) is 0 Å². The van der Waals surface area contributed by atoms with E-state index >= 15 is 0 Å². The van der Waals surface area contributed by atoms with Crippen molar-refractivity contribution in [3.63, 3.8) is 0 Å². The zero-order chi connectivity index (χ0) is 32.0. The van der Waals surface area contributed by atoms with Crippen molar-refractivity contribution in [1.82, 2.24) is 19.9 Å². The Morgan fingerprint density at radius 2 is 1.68 bits per heavy atom. The number of hydrogen-bond donors (Lipinski definition) is 5. The van der Waals surface area contributed by atoms with Crippen LogP contribution in [-0.4, -0.2) is 72.7 Å². The number of benzene rings is 1. The molecule has 1 aliphatic carbocycles. The van der Waals surface area contributed by atoms with Gasteiger partial charge in [-0.1, -0.05) is 12.1 Å². The van der Waals surface area contributed by atoms with Gasteiger partial charge in [-0.3, -0.25) is 4.98 Å². The molecule has 44 heavy (non-hydrogen) atoms. The lowest BCUT2D eigenvalue weighted by Crippen LogP contribution is -2.36. The van der Waals surface area contributed by atoms with E-state index in [0.717, 1.165) is 29.0 Å². The molecule has 0 unspecified atom stereocenters. The van der Waals surface area contributed by atoms with Gasteiger partial charge in [-0.25, -0.2) is 9.97 Å². The maximum absolute atomic E-state index is 14.2. The Balaban J connectivity index is 1.55. The molecular formula is C27H26F6N6O4S. The SMILES string of the molecule is Cc1nc(N[C@@H](c2ccc(OC(F)(F)F)cc2)C(F)(F)F)nc(N[C@@H]2C[C@H](CO)[C@@H](O)[C@H]2O)c1-c1nc2c(C)nccc2s1. The first-order valence-corrected chi connectivity index (χ1v) is 14.0. The summed E-state index contributed by atoms with van der Waals surface area (Å²) in [6, 6.07) is 1.71. The second-order valence-electron chi connectivity index (χ2n) is 10.3. The van der Waals surface area contributed by atoms with Gasteiger partial charge in [0.25, 0.3) is 0 Å². The maximum Gasteiger partial charge on any atom is 0.573 e. The normalized spacial score (nSPS) is 21.4. The first kappa shape index (κ1) is 31.6.